The molecule has 0 aliphatic rings. The number of nitrogens with zero attached hydrogens (tertiary/aromatic N) is 1. The average molecular weight is 214 g/mol. The molecule has 2 nitrogen and oxygen atoms in total. The van der Waals surface area contributed by atoms with Crippen molar-refractivity contribution in [1.82, 2.24) is 6.15 Å². The summed E-state index contributed by atoms with van der Waals surface area (Å²) in [5.74, 6) is 0. The summed E-state index contributed by atoms with van der Waals surface area (Å²) in [6.45, 7) is 2.86. The lowest BCUT2D eigenvalue weighted by atomic mass is 10.3. The lowest BCUT2D eigenvalue weighted by Gasteiger charge is -2.26. The van der Waals surface area contributed by atoms with Crippen molar-refractivity contribution >= 4 is 34.9 Å². The monoisotopic (exact) mass is 214 g/mol. The Kier molecular flexibility index (Phi) is 5.53. The van der Waals surface area contributed by atoms with Crippen LogP contribution < -0.4 is 11.1 Å². The molecule has 13 heavy (non-hydrogen) atoms. The summed E-state index contributed by atoms with van der Waals surface area (Å²) in [6, 6.07) is 9.94. The third-order valence-corrected chi connectivity index (χ3v) is 2.05. The van der Waals surface area contributed by atoms with Gasteiger partial charge >= 0.3 is 0 Å². The normalized spacial score (nSPS) is 8.69. The van der Waals surface area contributed by atoms with Gasteiger partial charge in [0.25, 0.3) is 0 Å². The predicted molar refractivity (Wildman–Crippen MR) is 65.4 cm³/mol. The first kappa shape index (κ1) is 12.3. The average Bonchev–Trinajstić information content (AvgIpc) is 2.07. The molecule has 0 aliphatic heterocycles. The van der Waals surface area contributed by atoms with Crippen LogP contribution in [0.4, 0.5) is 5.69 Å². The lowest BCUT2D eigenvalue weighted by Crippen LogP contribution is -2.26. The fourth-order valence-electron chi connectivity index (χ4n) is 1.03. The first-order chi connectivity index (χ1) is 5.75. The van der Waals surface area contributed by atoms with Gasteiger partial charge in [-0.2, -0.15) is 0 Å². The minimum absolute atomic E-state index is 0. The molecule has 0 aromatic heterocycles. The summed E-state index contributed by atoms with van der Waals surface area (Å²) in [7, 11) is 0. The quantitative estimate of drug-likeness (QED) is 0.608. The molecule has 0 saturated heterocycles. The van der Waals surface area contributed by atoms with Crippen molar-refractivity contribution in [2.45, 2.75) is 6.92 Å². The van der Waals surface area contributed by atoms with Crippen LogP contribution in [0.2, 0.25) is 0 Å². The molecule has 1 aromatic rings. The number of para-hydroxylation sites is 1. The molecule has 0 atom stereocenters. The topological polar surface area (TPSA) is 39.7 Å². The number of rotatable bonds is 2. The van der Waals surface area contributed by atoms with Crippen molar-refractivity contribution < 1.29 is 0 Å². The Morgan fingerprint density at radius 3 is 2.31 bits per heavy atom. The van der Waals surface area contributed by atoms with Gasteiger partial charge in [0.1, 0.15) is 0 Å². The standard InChI is InChI=1S/C9H11NS2.H3N/c1-2-10(9(11)12)8-6-4-3-5-7-8;/h3-7H,2H2,1H3,(H,11,12);1H3. The van der Waals surface area contributed by atoms with E-state index in [1.807, 2.05) is 42.2 Å². The molecule has 0 saturated carbocycles. The smallest absolute Gasteiger partial charge is 0.0397 e. The Morgan fingerprint density at radius 2 is 1.92 bits per heavy atom. The maximum Gasteiger partial charge on any atom is 0.0397 e. The van der Waals surface area contributed by atoms with E-state index in [1.54, 1.807) is 0 Å². The van der Waals surface area contributed by atoms with E-state index >= 15 is 0 Å². The first-order valence-corrected chi connectivity index (χ1v) is 4.61. The Morgan fingerprint density at radius 1 is 1.38 bits per heavy atom. The van der Waals surface area contributed by atoms with Gasteiger partial charge in [0.15, 0.2) is 0 Å². The van der Waals surface area contributed by atoms with E-state index in [9.17, 15) is 0 Å². The molecule has 1 rings (SSSR count). The van der Waals surface area contributed by atoms with Gasteiger partial charge in [0.2, 0.25) is 0 Å². The molecule has 0 amide bonds. The van der Waals surface area contributed by atoms with Crippen molar-refractivity contribution in [3.8, 4) is 0 Å². The second-order valence-electron chi connectivity index (χ2n) is 2.35. The number of hydrogen-bond donors (Lipinski definition) is 1. The maximum absolute atomic E-state index is 4.94. The third-order valence-electron chi connectivity index (χ3n) is 1.60. The van der Waals surface area contributed by atoms with Crippen molar-refractivity contribution in [2.75, 3.05) is 11.4 Å². The Bertz CT molecular complexity index is 262. The highest BCUT2D eigenvalue weighted by atomic mass is 32.1. The molecule has 0 bridgehead atoms. The summed E-state index contributed by atoms with van der Waals surface area (Å²) < 4.78 is 0.503. The number of quaternary nitrogens is 1. The van der Waals surface area contributed by atoms with E-state index in [4.69, 9.17) is 24.8 Å². The number of hydrogen-bond acceptors (Lipinski definition) is 2. The van der Waals surface area contributed by atoms with E-state index in [0.717, 1.165) is 12.2 Å². The Balaban J connectivity index is 0.00000144. The summed E-state index contributed by atoms with van der Waals surface area (Å²) in [5, 5.41) is 0. The second kappa shape index (κ2) is 5.85. The Labute approximate surface area is 89.9 Å². The molecule has 0 spiro atoms. The number of benzene rings is 1. The summed E-state index contributed by atoms with van der Waals surface area (Å²) in [6.07, 6.45) is 0. The highest BCUT2D eigenvalue weighted by Crippen LogP contribution is 2.12. The van der Waals surface area contributed by atoms with E-state index in [-0.39, 0.29) is 6.15 Å². The fraction of sp³-hybridized carbons (Fsp3) is 0.222. The number of thiocarbonyl (C=S) groups is 1. The van der Waals surface area contributed by atoms with Gasteiger partial charge in [-0.15, -0.1) is 0 Å². The molecule has 0 radical (unpaired) electrons. The molecule has 4 heteroatoms. The van der Waals surface area contributed by atoms with Crippen molar-refractivity contribution in [3.63, 3.8) is 0 Å². The van der Waals surface area contributed by atoms with Crippen LogP contribution in [0.5, 0.6) is 0 Å². The van der Waals surface area contributed by atoms with Gasteiger partial charge in [0, 0.05) is 12.2 Å². The van der Waals surface area contributed by atoms with Gasteiger partial charge in [-0.3, -0.25) is 0 Å². The summed E-state index contributed by atoms with van der Waals surface area (Å²) >= 11 is 9.88. The van der Waals surface area contributed by atoms with Crippen LogP contribution in [0.1, 0.15) is 6.92 Å². The maximum atomic E-state index is 4.94. The van der Waals surface area contributed by atoms with Gasteiger partial charge in [0.05, 0.1) is 0 Å². The summed E-state index contributed by atoms with van der Waals surface area (Å²) in [5.41, 5.74) is 1.07. The molecule has 72 valence electrons. The van der Waals surface area contributed by atoms with Crippen LogP contribution in [-0.4, -0.2) is 10.9 Å². The van der Waals surface area contributed by atoms with Gasteiger partial charge in [-0.05, 0) is 19.1 Å². The minimum atomic E-state index is 0. The zero-order valence-corrected chi connectivity index (χ0v) is 9.49. The lowest BCUT2D eigenvalue weighted by molar-refractivity contribution is 1.08. The highest BCUT2D eigenvalue weighted by molar-refractivity contribution is 8.00. The van der Waals surface area contributed by atoms with E-state index < -0.39 is 0 Å². The third kappa shape index (κ3) is 3.26. The highest BCUT2D eigenvalue weighted by Gasteiger charge is 1.98. The van der Waals surface area contributed by atoms with E-state index in [2.05, 4.69) is 0 Å². The van der Waals surface area contributed by atoms with Gasteiger partial charge in [-0.1, -0.05) is 22.5 Å². The molecule has 0 heterocycles. The Hall–Kier alpha value is -0.710. The van der Waals surface area contributed by atoms with Crippen LogP contribution in [-0.2, 0) is 12.6 Å². The van der Waals surface area contributed by atoms with Crippen LogP contribution in [0, 0.1) is 0 Å². The molecule has 1 aromatic carbocycles. The van der Waals surface area contributed by atoms with Crippen LogP contribution in [0.15, 0.2) is 30.3 Å². The zero-order valence-electron chi connectivity index (χ0n) is 7.86. The fourth-order valence-corrected chi connectivity index (χ4v) is 1.49. The predicted octanol–water partition coefficient (Wildman–Crippen LogP) is 2.72. The summed E-state index contributed by atoms with van der Waals surface area (Å²) in [4.78, 5) is 1.92. The van der Waals surface area contributed by atoms with Crippen LogP contribution >= 0.6 is 12.2 Å². The van der Waals surface area contributed by atoms with Crippen molar-refractivity contribution in [2.24, 2.45) is 0 Å². The molecule has 4 N–H and O–H groups in total. The zero-order chi connectivity index (χ0) is 8.97. The minimum Gasteiger partial charge on any atom is -0.411 e. The first-order valence-electron chi connectivity index (χ1n) is 3.79. The molecular formula is C9H14N2S2. The van der Waals surface area contributed by atoms with Crippen molar-refractivity contribution in [3.05, 3.63) is 30.3 Å². The molecule has 0 aliphatic carbocycles. The second-order valence-corrected chi connectivity index (χ2v) is 3.38. The molecule has 0 fully saturated rings. The molecule has 0 unspecified atom stereocenters. The van der Waals surface area contributed by atoms with Crippen molar-refractivity contribution in [1.29, 1.82) is 0 Å². The SMILES string of the molecule is CCN(C(=S)[S-])c1ccccc1.[NH4+]. The van der Waals surface area contributed by atoms with E-state index in [1.165, 1.54) is 0 Å². The van der Waals surface area contributed by atoms with E-state index in [0.29, 0.717) is 4.32 Å². The van der Waals surface area contributed by atoms with Crippen LogP contribution in [0.3, 0.4) is 0 Å². The largest absolute Gasteiger partial charge is 0.411 e. The van der Waals surface area contributed by atoms with Gasteiger partial charge < -0.3 is 35.9 Å². The number of anilines is 1. The molecular weight excluding hydrogens is 200 g/mol. The van der Waals surface area contributed by atoms with Crippen LogP contribution in [0.25, 0.3) is 0 Å². The van der Waals surface area contributed by atoms with Gasteiger partial charge in [-0.25, -0.2) is 0 Å².